The molecule has 6 heteroatoms. The fraction of sp³-hybridized carbons (Fsp3) is 0.111. The molecule has 0 spiro atoms. The summed E-state index contributed by atoms with van der Waals surface area (Å²) >= 11 is 0. The molecule has 1 amide bonds. The van der Waals surface area contributed by atoms with Gasteiger partial charge in [-0.2, -0.15) is 0 Å². The fourth-order valence-electron chi connectivity index (χ4n) is 4.19. The Kier molecular flexibility index (Phi) is 4.50. The van der Waals surface area contributed by atoms with Crippen LogP contribution >= 0.6 is 0 Å². The van der Waals surface area contributed by atoms with Gasteiger partial charge < -0.3 is 19.8 Å². The molecule has 0 radical (unpaired) electrons. The van der Waals surface area contributed by atoms with Gasteiger partial charge in [-0.3, -0.25) is 4.79 Å². The molecule has 6 rings (SSSR count). The normalized spacial score (nSPS) is 12.4. The number of nitrogens with one attached hydrogen (secondary N) is 2. The van der Waals surface area contributed by atoms with Crippen LogP contribution in [0.5, 0.6) is 11.5 Å². The SMILES string of the molecule is Cc1ccc(CNC(=O)c2cc3c([nH]c4ccccc43)c(-c3ccc4c(c3)OCO4)n2)cc1. The maximum absolute atomic E-state index is 13.1. The van der Waals surface area contributed by atoms with Gasteiger partial charge in [0.2, 0.25) is 6.79 Å². The lowest BCUT2D eigenvalue weighted by molar-refractivity contribution is 0.0946. The average molecular weight is 435 g/mol. The zero-order valence-corrected chi connectivity index (χ0v) is 18.0. The summed E-state index contributed by atoms with van der Waals surface area (Å²) in [4.78, 5) is 21.4. The maximum atomic E-state index is 13.1. The second kappa shape index (κ2) is 7.67. The van der Waals surface area contributed by atoms with Crippen molar-refractivity contribution >= 4 is 27.7 Å². The van der Waals surface area contributed by atoms with E-state index in [-0.39, 0.29) is 12.7 Å². The van der Waals surface area contributed by atoms with Crippen molar-refractivity contribution in [3.05, 3.63) is 89.6 Å². The second-order valence-corrected chi connectivity index (χ2v) is 8.19. The number of para-hydroxylation sites is 1. The van der Waals surface area contributed by atoms with E-state index < -0.39 is 0 Å². The Labute approximate surface area is 190 Å². The molecule has 5 aromatic rings. The molecule has 2 aromatic heterocycles. The molecule has 162 valence electrons. The number of amides is 1. The first kappa shape index (κ1) is 19.4. The zero-order chi connectivity index (χ0) is 22.4. The van der Waals surface area contributed by atoms with Crippen LogP contribution in [0.25, 0.3) is 33.1 Å². The number of aromatic amines is 1. The standard InChI is InChI=1S/C27H21N3O3/c1-16-6-8-17(9-7-16)14-28-27(31)22-13-20-19-4-2-3-5-21(19)29-26(20)25(30-22)18-10-11-23-24(12-18)33-15-32-23/h2-13,29H,14-15H2,1H3,(H,28,31). The Morgan fingerprint density at radius 1 is 0.970 bits per heavy atom. The molecule has 1 aliphatic heterocycles. The predicted molar refractivity (Wildman–Crippen MR) is 128 cm³/mol. The summed E-state index contributed by atoms with van der Waals surface area (Å²) in [6.45, 7) is 2.68. The second-order valence-electron chi connectivity index (χ2n) is 8.19. The van der Waals surface area contributed by atoms with E-state index in [9.17, 15) is 4.79 Å². The summed E-state index contributed by atoms with van der Waals surface area (Å²) in [7, 11) is 0. The van der Waals surface area contributed by atoms with Crippen LogP contribution in [0.2, 0.25) is 0 Å². The van der Waals surface area contributed by atoms with Crippen molar-refractivity contribution in [3.63, 3.8) is 0 Å². The van der Waals surface area contributed by atoms with Crippen LogP contribution in [0.4, 0.5) is 0 Å². The highest BCUT2D eigenvalue weighted by atomic mass is 16.7. The molecular weight excluding hydrogens is 414 g/mol. The van der Waals surface area contributed by atoms with Gasteiger partial charge in [0.1, 0.15) is 5.69 Å². The number of hydrogen-bond donors (Lipinski definition) is 2. The Morgan fingerprint density at radius 2 is 1.79 bits per heavy atom. The van der Waals surface area contributed by atoms with Gasteiger partial charge in [0, 0.05) is 28.4 Å². The van der Waals surface area contributed by atoms with Crippen molar-refractivity contribution < 1.29 is 14.3 Å². The Bertz CT molecular complexity index is 1520. The van der Waals surface area contributed by atoms with E-state index in [0.717, 1.165) is 32.9 Å². The summed E-state index contributed by atoms with van der Waals surface area (Å²) in [5.41, 5.74) is 6.01. The molecule has 0 aliphatic carbocycles. The highest BCUT2D eigenvalue weighted by Crippen LogP contribution is 2.38. The summed E-state index contributed by atoms with van der Waals surface area (Å²) in [6.07, 6.45) is 0. The van der Waals surface area contributed by atoms with Gasteiger partial charge in [0.15, 0.2) is 11.5 Å². The molecule has 2 N–H and O–H groups in total. The van der Waals surface area contributed by atoms with Gasteiger partial charge in [-0.1, -0.05) is 48.0 Å². The molecule has 0 fully saturated rings. The van der Waals surface area contributed by atoms with Gasteiger partial charge in [-0.25, -0.2) is 4.98 Å². The number of rotatable bonds is 4. The number of hydrogen-bond acceptors (Lipinski definition) is 4. The number of nitrogens with zero attached hydrogens (tertiary/aromatic N) is 1. The minimum Gasteiger partial charge on any atom is -0.454 e. The van der Waals surface area contributed by atoms with E-state index in [0.29, 0.717) is 29.4 Å². The molecule has 0 saturated carbocycles. The lowest BCUT2D eigenvalue weighted by atomic mass is 10.1. The number of fused-ring (bicyclic) bond motifs is 4. The average Bonchev–Trinajstić information content (AvgIpc) is 3.47. The molecule has 0 saturated heterocycles. The lowest BCUT2D eigenvalue weighted by Gasteiger charge is -2.09. The molecule has 3 heterocycles. The van der Waals surface area contributed by atoms with E-state index in [1.165, 1.54) is 5.56 Å². The summed E-state index contributed by atoms with van der Waals surface area (Å²) < 4.78 is 11.0. The Morgan fingerprint density at radius 3 is 2.67 bits per heavy atom. The number of carbonyl (C=O) groups is 1. The molecule has 33 heavy (non-hydrogen) atoms. The molecule has 3 aromatic carbocycles. The number of H-pyrrole nitrogens is 1. The van der Waals surface area contributed by atoms with Gasteiger partial charge in [0.05, 0.1) is 11.2 Å². The topological polar surface area (TPSA) is 76.2 Å². The third kappa shape index (κ3) is 3.46. The van der Waals surface area contributed by atoms with Gasteiger partial charge in [-0.05, 0) is 42.8 Å². The summed E-state index contributed by atoms with van der Waals surface area (Å²) in [6, 6.07) is 23.7. The molecular formula is C27H21N3O3. The molecule has 1 aliphatic rings. The third-order valence-electron chi connectivity index (χ3n) is 5.95. The number of aryl methyl sites for hydroxylation is 1. The Hall–Kier alpha value is -4.32. The first-order chi connectivity index (χ1) is 16.2. The zero-order valence-electron chi connectivity index (χ0n) is 18.0. The van der Waals surface area contributed by atoms with Crippen LogP contribution in [0.15, 0.2) is 72.8 Å². The van der Waals surface area contributed by atoms with Crippen LogP contribution < -0.4 is 14.8 Å². The van der Waals surface area contributed by atoms with E-state index in [1.54, 1.807) is 0 Å². The monoisotopic (exact) mass is 435 g/mol. The van der Waals surface area contributed by atoms with E-state index in [1.807, 2.05) is 79.7 Å². The molecule has 6 nitrogen and oxygen atoms in total. The molecule has 0 unspecified atom stereocenters. The van der Waals surface area contributed by atoms with Crippen molar-refractivity contribution in [2.45, 2.75) is 13.5 Å². The van der Waals surface area contributed by atoms with Crippen LogP contribution in [0, 0.1) is 6.92 Å². The third-order valence-corrected chi connectivity index (χ3v) is 5.95. The van der Waals surface area contributed by atoms with Crippen molar-refractivity contribution in [1.82, 2.24) is 15.3 Å². The Balaban J connectivity index is 1.44. The van der Waals surface area contributed by atoms with Crippen molar-refractivity contribution in [2.24, 2.45) is 0 Å². The van der Waals surface area contributed by atoms with Crippen molar-refractivity contribution in [2.75, 3.05) is 6.79 Å². The highest BCUT2D eigenvalue weighted by Gasteiger charge is 2.20. The van der Waals surface area contributed by atoms with Crippen LogP contribution in [0.1, 0.15) is 21.6 Å². The van der Waals surface area contributed by atoms with Gasteiger partial charge in [0.25, 0.3) is 5.91 Å². The van der Waals surface area contributed by atoms with Gasteiger partial charge in [-0.15, -0.1) is 0 Å². The number of benzene rings is 3. The predicted octanol–water partition coefficient (Wildman–Crippen LogP) is 5.35. The maximum Gasteiger partial charge on any atom is 0.270 e. The largest absolute Gasteiger partial charge is 0.454 e. The van der Waals surface area contributed by atoms with Crippen molar-refractivity contribution in [1.29, 1.82) is 0 Å². The van der Waals surface area contributed by atoms with E-state index >= 15 is 0 Å². The number of aromatic nitrogens is 2. The smallest absolute Gasteiger partial charge is 0.270 e. The van der Waals surface area contributed by atoms with E-state index in [2.05, 4.69) is 10.3 Å². The van der Waals surface area contributed by atoms with Crippen molar-refractivity contribution in [3.8, 4) is 22.8 Å². The summed E-state index contributed by atoms with van der Waals surface area (Å²) in [5.74, 6) is 1.16. The minimum absolute atomic E-state index is 0.204. The van der Waals surface area contributed by atoms with Crippen LogP contribution in [-0.2, 0) is 6.54 Å². The number of carbonyl (C=O) groups excluding carboxylic acids is 1. The first-order valence-corrected chi connectivity index (χ1v) is 10.8. The minimum atomic E-state index is -0.218. The number of ether oxygens (including phenoxy) is 2. The quantitative estimate of drug-likeness (QED) is 0.399. The molecule has 0 atom stereocenters. The van der Waals surface area contributed by atoms with E-state index in [4.69, 9.17) is 14.5 Å². The summed E-state index contributed by atoms with van der Waals surface area (Å²) in [5, 5.41) is 5.00. The first-order valence-electron chi connectivity index (χ1n) is 10.8. The van der Waals surface area contributed by atoms with Gasteiger partial charge >= 0.3 is 0 Å². The highest BCUT2D eigenvalue weighted by molar-refractivity contribution is 6.13. The van der Waals surface area contributed by atoms with Crippen LogP contribution in [-0.4, -0.2) is 22.7 Å². The lowest BCUT2D eigenvalue weighted by Crippen LogP contribution is -2.24. The fourth-order valence-corrected chi connectivity index (χ4v) is 4.19. The molecule has 0 bridgehead atoms. The number of pyridine rings is 1. The van der Waals surface area contributed by atoms with Crippen LogP contribution in [0.3, 0.4) is 0 Å².